The molecule has 1 aliphatic rings. The van der Waals surface area contributed by atoms with Crippen molar-refractivity contribution in [3.63, 3.8) is 0 Å². The monoisotopic (exact) mass is 242 g/mol. The van der Waals surface area contributed by atoms with Gasteiger partial charge in [-0.3, -0.25) is 0 Å². The van der Waals surface area contributed by atoms with Crippen LogP contribution in [-0.2, 0) is 4.74 Å². The van der Waals surface area contributed by atoms with Gasteiger partial charge in [0.1, 0.15) is 5.37 Å². The number of ether oxygens (including phenoxy) is 1. The molecule has 0 aromatic carbocycles. The lowest BCUT2D eigenvalue weighted by molar-refractivity contribution is 0.0518. The number of nitrogens with zero attached hydrogens (tertiary/aromatic N) is 2. The maximum absolute atomic E-state index is 11.4. The van der Waals surface area contributed by atoms with Crippen LogP contribution in [0.2, 0.25) is 0 Å². The molecule has 1 aromatic rings. The molecule has 1 saturated heterocycles. The fraction of sp³-hybridized carbons (Fsp3) is 0.600. The van der Waals surface area contributed by atoms with Gasteiger partial charge in [0.2, 0.25) is 5.88 Å². The average Bonchev–Trinajstić information content (AvgIpc) is 2.86. The molecular formula is C10H14N2O3S. The van der Waals surface area contributed by atoms with E-state index in [0.717, 1.165) is 18.6 Å². The van der Waals surface area contributed by atoms with Crippen LogP contribution in [0.1, 0.15) is 35.6 Å². The van der Waals surface area contributed by atoms with E-state index in [2.05, 4.69) is 5.10 Å². The highest BCUT2D eigenvalue weighted by Crippen LogP contribution is 2.37. The molecule has 1 atom stereocenters. The predicted molar refractivity (Wildman–Crippen MR) is 60.6 cm³/mol. The van der Waals surface area contributed by atoms with Gasteiger partial charge in [-0.05, 0) is 25.5 Å². The van der Waals surface area contributed by atoms with Crippen LogP contribution in [-0.4, -0.2) is 33.2 Å². The highest BCUT2D eigenvalue weighted by molar-refractivity contribution is 7.99. The lowest BCUT2D eigenvalue weighted by Crippen LogP contribution is -2.08. The summed E-state index contributed by atoms with van der Waals surface area (Å²) in [6.07, 6.45) is 2.09. The summed E-state index contributed by atoms with van der Waals surface area (Å²) in [6.45, 7) is 2.05. The fourth-order valence-corrected chi connectivity index (χ4v) is 2.89. The second-order valence-electron chi connectivity index (χ2n) is 3.52. The van der Waals surface area contributed by atoms with E-state index in [9.17, 15) is 9.90 Å². The summed E-state index contributed by atoms with van der Waals surface area (Å²) >= 11 is 1.74. The standard InChI is InChI=1S/C10H14N2O3S/c1-2-15-10(14)7-6-8(13)12(11-7)9-4-3-5-16-9/h6,9,13H,2-5H2,1H3. The zero-order chi connectivity index (χ0) is 11.5. The third-order valence-corrected chi connectivity index (χ3v) is 3.72. The normalized spacial score (nSPS) is 19.9. The minimum absolute atomic E-state index is 0.0300. The molecule has 0 saturated carbocycles. The van der Waals surface area contributed by atoms with Crippen molar-refractivity contribution in [1.82, 2.24) is 9.78 Å². The molecule has 0 radical (unpaired) electrons. The van der Waals surface area contributed by atoms with Crippen molar-refractivity contribution < 1.29 is 14.6 Å². The van der Waals surface area contributed by atoms with E-state index in [4.69, 9.17) is 4.74 Å². The maximum Gasteiger partial charge on any atom is 0.358 e. The molecular weight excluding hydrogens is 228 g/mol. The molecule has 2 heterocycles. The zero-order valence-corrected chi connectivity index (χ0v) is 9.87. The van der Waals surface area contributed by atoms with Crippen LogP contribution in [0.25, 0.3) is 0 Å². The van der Waals surface area contributed by atoms with E-state index >= 15 is 0 Å². The number of aromatic hydroxyl groups is 1. The third-order valence-electron chi connectivity index (χ3n) is 2.38. The van der Waals surface area contributed by atoms with Gasteiger partial charge in [0.05, 0.1) is 6.61 Å². The maximum atomic E-state index is 11.4. The van der Waals surface area contributed by atoms with E-state index < -0.39 is 5.97 Å². The molecule has 1 aromatic heterocycles. The SMILES string of the molecule is CCOC(=O)c1cc(O)n(C2CCCS2)n1. The van der Waals surface area contributed by atoms with Gasteiger partial charge in [-0.1, -0.05) is 0 Å². The van der Waals surface area contributed by atoms with Gasteiger partial charge in [-0.2, -0.15) is 5.10 Å². The molecule has 0 bridgehead atoms. The first-order chi connectivity index (χ1) is 7.72. The summed E-state index contributed by atoms with van der Waals surface area (Å²) < 4.78 is 6.33. The van der Waals surface area contributed by atoms with Gasteiger partial charge in [0, 0.05) is 6.07 Å². The molecule has 1 N–H and O–H groups in total. The van der Waals surface area contributed by atoms with Gasteiger partial charge in [-0.25, -0.2) is 9.48 Å². The van der Waals surface area contributed by atoms with E-state index in [1.807, 2.05) is 0 Å². The smallest absolute Gasteiger partial charge is 0.358 e. The molecule has 0 aliphatic carbocycles. The van der Waals surface area contributed by atoms with Crippen molar-refractivity contribution in [2.75, 3.05) is 12.4 Å². The highest BCUT2D eigenvalue weighted by Gasteiger charge is 2.23. The summed E-state index contributed by atoms with van der Waals surface area (Å²) in [7, 11) is 0. The summed E-state index contributed by atoms with van der Waals surface area (Å²) in [5.41, 5.74) is 0.173. The van der Waals surface area contributed by atoms with Gasteiger partial charge in [0.15, 0.2) is 5.69 Å². The minimum Gasteiger partial charge on any atom is -0.493 e. The number of thioether (sulfide) groups is 1. The van der Waals surface area contributed by atoms with Crippen LogP contribution in [0.15, 0.2) is 6.07 Å². The van der Waals surface area contributed by atoms with Crippen molar-refractivity contribution in [1.29, 1.82) is 0 Å². The lowest BCUT2D eigenvalue weighted by Gasteiger charge is -2.09. The van der Waals surface area contributed by atoms with Crippen LogP contribution in [0.5, 0.6) is 5.88 Å². The average molecular weight is 242 g/mol. The molecule has 5 nitrogen and oxygen atoms in total. The van der Waals surface area contributed by atoms with Crippen LogP contribution in [0.3, 0.4) is 0 Å². The molecule has 16 heavy (non-hydrogen) atoms. The van der Waals surface area contributed by atoms with Crippen molar-refractivity contribution >= 4 is 17.7 Å². The van der Waals surface area contributed by atoms with Gasteiger partial charge >= 0.3 is 5.97 Å². The number of rotatable bonds is 3. The van der Waals surface area contributed by atoms with Crippen molar-refractivity contribution in [2.45, 2.75) is 25.1 Å². The van der Waals surface area contributed by atoms with Crippen molar-refractivity contribution in [3.05, 3.63) is 11.8 Å². The predicted octanol–water partition coefficient (Wildman–Crippen LogP) is 1.79. The van der Waals surface area contributed by atoms with E-state index in [1.165, 1.54) is 10.7 Å². The van der Waals surface area contributed by atoms with Crippen LogP contribution in [0, 0.1) is 0 Å². The lowest BCUT2D eigenvalue weighted by atomic mass is 10.3. The van der Waals surface area contributed by atoms with Gasteiger partial charge < -0.3 is 9.84 Å². The first-order valence-corrected chi connectivity index (χ1v) is 6.34. The number of carbonyl (C=O) groups excluding carboxylic acids is 1. The van der Waals surface area contributed by atoms with Crippen molar-refractivity contribution in [3.8, 4) is 5.88 Å². The van der Waals surface area contributed by atoms with Crippen LogP contribution < -0.4 is 0 Å². The Morgan fingerprint density at radius 1 is 1.81 bits per heavy atom. The first kappa shape index (κ1) is 11.3. The third kappa shape index (κ3) is 2.16. The Morgan fingerprint density at radius 2 is 2.62 bits per heavy atom. The number of esters is 1. The second-order valence-corrected chi connectivity index (χ2v) is 4.81. The Hall–Kier alpha value is -1.17. The molecule has 1 unspecified atom stereocenters. The largest absolute Gasteiger partial charge is 0.493 e. The zero-order valence-electron chi connectivity index (χ0n) is 9.05. The van der Waals surface area contributed by atoms with Crippen LogP contribution in [0.4, 0.5) is 0 Å². The quantitative estimate of drug-likeness (QED) is 0.819. The highest BCUT2D eigenvalue weighted by atomic mass is 32.2. The molecule has 0 spiro atoms. The number of hydrogen-bond acceptors (Lipinski definition) is 5. The Kier molecular flexibility index (Phi) is 3.38. The summed E-state index contributed by atoms with van der Waals surface area (Å²) in [5.74, 6) is 0.612. The van der Waals surface area contributed by atoms with Crippen LogP contribution >= 0.6 is 11.8 Å². The Morgan fingerprint density at radius 3 is 3.25 bits per heavy atom. The topological polar surface area (TPSA) is 64.3 Å². The Labute approximate surface area is 97.8 Å². The van der Waals surface area contributed by atoms with Crippen molar-refractivity contribution in [2.24, 2.45) is 0 Å². The van der Waals surface area contributed by atoms with E-state index in [1.54, 1.807) is 18.7 Å². The molecule has 1 aliphatic heterocycles. The van der Waals surface area contributed by atoms with E-state index in [0.29, 0.717) is 6.61 Å². The second kappa shape index (κ2) is 4.78. The Balaban J connectivity index is 2.17. The number of aromatic nitrogens is 2. The number of hydrogen-bond donors (Lipinski definition) is 1. The Bertz CT molecular complexity index is 385. The van der Waals surface area contributed by atoms with Gasteiger partial charge in [0.25, 0.3) is 0 Å². The summed E-state index contributed by atoms with van der Waals surface area (Å²) in [5, 5.41) is 13.9. The molecule has 1 fully saturated rings. The first-order valence-electron chi connectivity index (χ1n) is 5.29. The summed E-state index contributed by atoms with van der Waals surface area (Å²) in [4.78, 5) is 11.4. The molecule has 0 amide bonds. The fourth-order valence-electron chi connectivity index (χ4n) is 1.65. The van der Waals surface area contributed by atoms with E-state index in [-0.39, 0.29) is 16.9 Å². The van der Waals surface area contributed by atoms with Gasteiger partial charge in [-0.15, -0.1) is 11.8 Å². The summed E-state index contributed by atoms with van der Waals surface area (Å²) in [6, 6.07) is 1.36. The molecule has 6 heteroatoms. The number of carbonyl (C=O) groups is 1. The minimum atomic E-state index is -0.487. The molecule has 88 valence electrons. The molecule has 2 rings (SSSR count).